The smallest absolute Gasteiger partial charge is 0.431 e. The van der Waals surface area contributed by atoms with Crippen LogP contribution in [0.5, 0.6) is 28.7 Å². The molecule has 572 valence electrons. The molecule has 3 aromatic heterocycles. The first-order chi connectivity index (χ1) is 49.6. The summed E-state index contributed by atoms with van der Waals surface area (Å²) in [7, 11) is 7.98. The molecule has 1 atom stereocenters. The Morgan fingerprint density at radius 3 is 1.25 bits per heavy atom. The lowest BCUT2D eigenvalue weighted by molar-refractivity contribution is -0.154. The molecular formula is C76H93ClF9N9O10. The number of nitrogens with zero attached hydrogens (tertiary/aromatic N) is 9. The van der Waals surface area contributed by atoms with Crippen LogP contribution in [0.15, 0.2) is 91.0 Å². The molecule has 19 nitrogen and oxygen atoms in total. The fourth-order valence-electron chi connectivity index (χ4n) is 16.2. The normalized spacial score (nSPS) is 19.5. The lowest BCUT2D eigenvalue weighted by atomic mass is 9.80. The number of carbonyl (C=O) groups is 4. The molecule has 6 aliphatic heterocycles. The van der Waals surface area contributed by atoms with E-state index in [0.717, 1.165) is 22.9 Å². The van der Waals surface area contributed by atoms with E-state index in [0.29, 0.717) is 172 Å². The first-order valence-electron chi connectivity index (χ1n) is 35.7. The van der Waals surface area contributed by atoms with Gasteiger partial charge in [0.15, 0.2) is 23.0 Å². The van der Waals surface area contributed by atoms with E-state index in [1.165, 1.54) is 54.4 Å². The fourth-order valence-corrected chi connectivity index (χ4v) is 16.4. The van der Waals surface area contributed by atoms with Crippen LogP contribution in [0.25, 0.3) is 0 Å². The summed E-state index contributed by atoms with van der Waals surface area (Å²) in [6.45, 7) is 16.8. The van der Waals surface area contributed by atoms with Crippen LogP contribution in [-0.2, 0) is 57.8 Å². The number of benzene rings is 3. The molecule has 9 heterocycles. The van der Waals surface area contributed by atoms with Crippen LogP contribution in [0.1, 0.15) is 164 Å². The van der Waals surface area contributed by atoms with Gasteiger partial charge in [-0.15, -0.1) is 0 Å². The monoisotopic (exact) mass is 1500 g/mol. The number of ether oxygens (including phenoxy) is 6. The SMILES string of the molecule is CC(C)Oc1ccc(C(=O)N2CCC3(CC2)c2ccc(C(F)(F)F)n2CCN3C)cc1Cl.COC(=O)C1CN(C)C2(CCN(C(=O)c3ccc(OC(C)C)c(OC)c3)CC2)c2ccc(C(F)(F)F)n21.COc1cc(C(=O)N2CCC3(CC2)c2ccc(C(F)(F)F)n2CCN3CC2CC2)ccc1OC(C)C. The van der Waals surface area contributed by atoms with E-state index in [-0.39, 0.29) is 42.6 Å². The first kappa shape index (κ1) is 78.0. The van der Waals surface area contributed by atoms with Crippen molar-refractivity contribution in [2.75, 3.05) is 101 Å². The number of likely N-dealkylation sites (tertiary alicyclic amines) is 3. The zero-order chi connectivity index (χ0) is 76.0. The number of fused-ring (bicyclic) bond motifs is 6. The molecule has 7 aliphatic rings. The molecular weight excluding hydrogens is 1410 g/mol. The van der Waals surface area contributed by atoms with E-state index < -0.39 is 64.2 Å². The van der Waals surface area contributed by atoms with Gasteiger partial charge in [0.05, 0.1) is 61.3 Å². The first-order valence-corrected chi connectivity index (χ1v) is 36.1. The van der Waals surface area contributed by atoms with Crippen molar-refractivity contribution in [3.63, 3.8) is 0 Å². The Balaban J connectivity index is 0.000000158. The molecule has 6 aromatic rings. The van der Waals surface area contributed by atoms with E-state index in [4.69, 9.17) is 40.0 Å². The Hall–Kier alpha value is -8.08. The predicted molar refractivity (Wildman–Crippen MR) is 374 cm³/mol. The average molecular weight is 1500 g/mol. The van der Waals surface area contributed by atoms with Crippen molar-refractivity contribution in [1.82, 2.24) is 43.1 Å². The zero-order valence-corrected chi connectivity index (χ0v) is 61.8. The summed E-state index contributed by atoms with van der Waals surface area (Å²) in [4.78, 5) is 64.0. The van der Waals surface area contributed by atoms with Crippen molar-refractivity contribution >= 4 is 35.3 Å². The highest BCUT2D eigenvalue weighted by molar-refractivity contribution is 6.32. The number of amides is 3. The fraction of sp³-hybridized carbons (Fsp3) is 0.553. The van der Waals surface area contributed by atoms with Gasteiger partial charge in [-0.25, -0.2) is 4.79 Å². The second-order valence-corrected chi connectivity index (χ2v) is 29.5. The molecule has 3 amide bonds. The van der Waals surface area contributed by atoms with E-state index in [9.17, 15) is 58.7 Å². The summed E-state index contributed by atoms with van der Waals surface area (Å²) >= 11 is 6.29. The molecule has 1 saturated carbocycles. The molecule has 105 heavy (non-hydrogen) atoms. The maximum Gasteiger partial charge on any atom is 0.431 e. The minimum atomic E-state index is -4.62. The molecule has 0 N–H and O–H groups in total. The number of halogens is 10. The zero-order valence-electron chi connectivity index (χ0n) is 61.1. The topological polar surface area (TPSA) is 158 Å². The third-order valence-corrected chi connectivity index (χ3v) is 21.9. The van der Waals surface area contributed by atoms with Gasteiger partial charge in [0.1, 0.15) is 28.9 Å². The third kappa shape index (κ3) is 15.9. The average Bonchev–Trinajstić information content (AvgIpc) is 1.66. The number of methoxy groups -OCH3 is 3. The second-order valence-electron chi connectivity index (χ2n) is 29.1. The minimum Gasteiger partial charge on any atom is -0.493 e. The third-order valence-electron chi connectivity index (χ3n) is 21.6. The van der Waals surface area contributed by atoms with Crippen molar-refractivity contribution in [2.45, 2.75) is 165 Å². The van der Waals surface area contributed by atoms with E-state index >= 15 is 0 Å². The van der Waals surface area contributed by atoms with Gasteiger partial charge < -0.3 is 56.8 Å². The molecule has 0 radical (unpaired) electrons. The minimum absolute atomic E-state index is 0.0235. The van der Waals surface area contributed by atoms with Crippen molar-refractivity contribution in [2.24, 2.45) is 5.92 Å². The lowest BCUT2D eigenvalue weighted by Gasteiger charge is -2.52. The number of rotatable bonds is 14. The number of likely N-dealkylation sites (N-methyl/N-ethyl adjacent to an activating group) is 2. The summed E-state index contributed by atoms with van der Waals surface area (Å²) in [5.74, 6) is 2.08. The van der Waals surface area contributed by atoms with Crippen LogP contribution >= 0.6 is 11.6 Å². The van der Waals surface area contributed by atoms with Crippen LogP contribution in [0.2, 0.25) is 5.02 Å². The van der Waals surface area contributed by atoms with Gasteiger partial charge in [0, 0.05) is 112 Å². The standard InChI is InChI=1S/C27H34F3N3O3.C26H32F3N3O5.C23H27ClF3N3O2/c1-18(2)36-21-7-6-20(16-22(21)35-3)25(34)31-12-10-26(11-13-31)23-8-9-24(27(28,29)30)33(23)15-14-32(26)17-19-4-5-19;1-16(2)37-19-7-6-17(14-20(19)35-4)23(33)31-12-10-25(11-13-31)21-8-9-22(26(27,28)29)32(21)18(15-30(25)3)24(34)36-5;1-15(2)32-18-5-4-16(14-17(18)24)21(31)29-10-8-22(9-11-29)19-6-7-20(23(25,26)27)30(19)13-12-28(22)3/h6-9,16,18-19H,4-5,10-15,17H2,1-3H3;6-9,14,16,18H,10-13,15H2,1-5H3;4-7,14-15H,8-13H2,1-3H3. The van der Waals surface area contributed by atoms with Crippen LogP contribution in [0.3, 0.4) is 0 Å². The number of piperidine rings is 3. The number of carbonyl (C=O) groups excluding carboxylic acids is 4. The summed E-state index contributed by atoms with van der Waals surface area (Å²) < 4.78 is 160. The summed E-state index contributed by atoms with van der Waals surface area (Å²) in [6.07, 6.45) is -7.94. The Bertz CT molecular complexity index is 4120. The highest BCUT2D eigenvalue weighted by atomic mass is 35.5. The lowest BCUT2D eigenvalue weighted by Crippen LogP contribution is -2.58. The van der Waals surface area contributed by atoms with Crippen molar-refractivity contribution in [3.8, 4) is 28.7 Å². The van der Waals surface area contributed by atoms with Gasteiger partial charge in [-0.1, -0.05) is 11.6 Å². The van der Waals surface area contributed by atoms with E-state index in [1.54, 1.807) is 90.7 Å². The molecule has 3 aromatic carbocycles. The highest BCUT2D eigenvalue weighted by Gasteiger charge is 2.54. The van der Waals surface area contributed by atoms with Gasteiger partial charge in [0.25, 0.3) is 17.7 Å². The van der Waals surface area contributed by atoms with Gasteiger partial charge in [-0.2, -0.15) is 39.5 Å². The molecule has 13 rings (SSSR count). The maximum atomic E-state index is 13.9. The number of hydrogen-bond donors (Lipinski definition) is 0. The molecule has 1 unspecified atom stereocenters. The second kappa shape index (κ2) is 30.6. The Kier molecular flexibility index (Phi) is 22.8. The van der Waals surface area contributed by atoms with Crippen molar-refractivity contribution in [3.05, 3.63) is 147 Å². The largest absolute Gasteiger partial charge is 0.493 e. The van der Waals surface area contributed by atoms with Crippen LogP contribution in [0, 0.1) is 5.92 Å². The van der Waals surface area contributed by atoms with Gasteiger partial charge in [-0.05, 0) is 204 Å². The summed E-state index contributed by atoms with van der Waals surface area (Å²) in [6, 6.07) is 22.2. The van der Waals surface area contributed by atoms with Crippen LogP contribution in [-0.4, -0.2) is 186 Å². The Labute approximate surface area is 610 Å². The van der Waals surface area contributed by atoms with Gasteiger partial charge in [-0.3, -0.25) is 29.1 Å². The summed E-state index contributed by atoms with van der Waals surface area (Å²) in [5, 5.41) is 0.377. The number of alkyl halides is 9. The molecule has 3 spiro atoms. The Morgan fingerprint density at radius 2 is 0.838 bits per heavy atom. The predicted octanol–water partition coefficient (Wildman–Crippen LogP) is 14.3. The highest BCUT2D eigenvalue weighted by Crippen LogP contribution is 2.50. The van der Waals surface area contributed by atoms with Crippen molar-refractivity contribution < 1.29 is 87.1 Å². The molecule has 3 saturated heterocycles. The van der Waals surface area contributed by atoms with Crippen LogP contribution < -0.4 is 23.7 Å². The van der Waals surface area contributed by atoms with Gasteiger partial charge >= 0.3 is 24.5 Å². The quantitative estimate of drug-likeness (QED) is 0.0750. The van der Waals surface area contributed by atoms with E-state index in [1.807, 2.05) is 58.4 Å². The number of esters is 1. The van der Waals surface area contributed by atoms with Crippen LogP contribution in [0.4, 0.5) is 39.5 Å². The van der Waals surface area contributed by atoms with Crippen molar-refractivity contribution in [1.29, 1.82) is 0 Å². The molecule has 29 heteroatoms. The molecule has 4 fully saturated rings. The summed E-state index contributed by atoms with van der Waals surface area (Å²) in [5.41, 5.74) is -0.524. The number of hydrogen-bond acceptors (Lipinski definition) is 13. The Morgan fingerprint density at radius 1 is 0.457 bits per heavy atom. The van der Waals surface area contributed by atoms with Gasteiger partial charge in [0.2, 0.25) is 0 Å². The number of aromatic nitrogens is 3. The molecule has 1 aliphatic carbocycles. The maximum absolute atomic E-state index is 13.9. The molecule has 0 bridgehead atoms. The van der Waals surface area contributed by atoms with E-state index in [2.05, 4.69) is 9.80 Å².